The van der Waals surface area contributed by atoms with Gasteiger partial charge in [0.25, 0.3) is 0 Å². The third-order valence-electron chi connectivity index (χ3n) is 3.61. The van der Waals surface area contributed by atoms with Crippen molar-refractivity contribution in [2.75, 3.05) is 5.73 Å². The normalized spacial score (nSPS) is 11.3. The topological polar surface area (TPSA) is 78.2 Å². The van der Waals surface area contributed by atoms with E-state index in [1.807, 2.05) is 54.6 Å². The summed E-state index contributed by atoms with van der Waals surface area (Å²) in [7, 11) is 0. The van der Waals surface area contributed by atoms with Crippen molar-refractivity contribution >= 4 is 22.5 Å². The molecule has 0 fully saturated rings. The first-order valence-electron chi connectivity index (χ1n) is 6.92. The Morgan fingerprint density at radius 3 is 2.55 bits per heavy atom. The zero-order chi connectivity index (χ0) is 15.1. The Balaban J connectivity index is 1.99. The van der Waals surface area contributed by atoms with Gasteiger partial charge in [0.15, 0.2) is 5.82 Å². The fourth-order valence-corrected chi connectivity index (χ4v) is 2.58. The third kappa shape index (κ3) is 1.85. The van der Waals surface area contributed by atoms with Gasteiger partial charge in [-0.1, -0.05) is 42.5 Å². The van der Waals surface area contributed by atoms with Crippen molar-refractivity contribution in [2.45, 2.75) is 6.54 Å². The van der Waals surface area contributed by atoms with Gasteiger partial charge in [-0.2, -0.15) is 0 Å². The highest BCUT2D eigenvalue weighted by Gasteiger charge is 2.14. The minimum atomic E-state index is -0.218. The van der Waals surface area contributed by atoms with Gasteiger partial charge >= 0.3 is 5.69 Å². The molecule has 4 rings (SSSR count). The maximum Gasteiger partial charge on any atom is 0.351 e. The molecule has 2 aromatic heterocycles. The highest BCUT2D eigenvalue weighted by Crippen LogP contribution is 2.16. The number of rotatable bonds is 2. The summed E-state index contributed by atoms with van der Waals surface area (Å²) in [4.78, 5) is 17.0. The summed E-state index contributed by atoms with van der Waals surface area (Å²) in [5.41, 5.74) is 8.50. The number of hydrogen-bond acceptors (Lipinski definition) is 4. The highest BCUT2D eigenvalue weighted by atomic mass is 16.2. The lowest BCUT2D eigenvalue weighted by Crippen LogP contribution is -2.22. The second-order valence-corrected chi connectivity index (χ2v) is 5.07. The van der Waals surface area contributed by atoms with E-state index in [0.717, 1.165) is 5.56 Å². The van der Waals surface area contributed by atoms with Gasteiger partial charge in [-0.25, -0.2) is 18.9 Å². The average Bonchev–Trinajstić information content (AvgIpc) is 2.87. The molecular formula is C16H13N5O. The van der Waals surface area contributed by atoms with Gasteiger partial charge in [-0.05, 0) is 17.7 Å². The van der Waals surface area contributed by atoms with Crippen LogP contribution >= 0.6 is 0 Å². The summed E-state index contributed by atoms with van der Waals surface area (Å²) in [6.45, 7) is 0.398. The lowest BCUT2D eigenvalue weighted by Gasteiger charge is -2.01. The molecule has 0 unspecified atom stereocenters. The lowest BCUT2D eigenvalue weighted by atomic mass is 10.2. The lowest BCUT2D eigenvalue weighted by molar-refractivity contribution is 0.660. The number of hydrogen-bond donors (Lipinski definition) is 1. The molecule has 2 N–H and O–H groups in total. The maximum atomic E-state index is 12.7. The molecule has 0 saturated carbocycles. The predicted molar refractivity (Wildman–Crippen MR) is 84.7 cm³/mol. The van der Waals surface area contributed by atoms with E-state index in [2.05, 4.69) is 10.1 Å². The van der Waals surface area contributed by atoms with Gasteiger partial charge in [-0.3, -0.25) is 0 Å². The van der Waals surface area contributed by atoms with Gasteiger partial charge < -0.3 is 5.73 Å². The largest absolute Gasteiger partial charge is 0.381 e. The summed E-state index contributed by atoms with van der Waals surface area (Å²) in [5.74, 6) is 0.252. The van der Waals surface area contributed by atoms with Gasteiger partial charge in [0.1, 0.15) is 0 Å². The SMILES string of the molecule is Nc1nc2ccccc2n2c(=O)n(Cc3ccccc3)nc12. The van der Waals surface area contributed by atoms with Crippen LogP contribution in [0.15, 0.2) is 59.4 Å². The van der Waals surface area contributed by atoms with Crippen LogP contribution in [0.4, 0.5) is 5.82 Å². The van der Waals surface area contributed by atoms with Crippen molar-refractivity contribution in [1.29, 1.82) is 0 Å². The van der Waals surface area contributed by atoms with E-state index >= 15 is 0 Å². The van der Waals surface area contributed by atoms with Crippen LogP contribution in [0.5, 0.6) is 0 Å². The van der Waals surface area contributed by atoms with Gasteiger partial charge in [0.2, 0.25) is 5.65 Å². The minimum absolute atomic E-state index is 0.218. The second-order valence-electron chi connectivity index (χ2n) is 5.07. The van der Waals surface area contributed by atoms with Gasteiger partial charge in [0, 0.05) is 0 Å². The Bertz CT molecular complexity index is 1030. The molecule has 6 nitrogen and oxygen atoms in total. The number of nitrogens with two attached hydrogens (primary N) is 1. The van der Waals surface area contributed by atoms with Gasteiger partial charge in [0.05, 0.1) is 17.6 Å². The Hall–Kier alpha value is -3.15. The molecular weight excluding hydrogens is 278 g/mol. The Kier molecular flexibility index (Phi) is 2.69. The number of benzene rings is 2. The molecule has 2 aromatic carbocycles. The average molecular weight is 291 g/mol. The Morgan fingerprint density at radius 1 is 1.00 bits per heavy atom. The number of anilines is 1. The fraction of sp³-hybridized carbons (Fsp3) is 0.0625. The van der Waals surface area contributed by atoms with Crippen molar-refractivity contribution in [2.24, 2.45) is 0 Å². The molecule has 0 atom stereocenters. The fourth-order valence-electron chi connectivity index (χ4n) is 2.58. The van der Waals surface area contributed by atoms with Crippen LogP contribution in [0.25, 0.3) is 16.7 Å². The van der Waals surface area contributed by atoms with Crippen LogP contribution in [0.2, 0.25) is 0 Å². The van der Waals surface area contributed by atoms with Crippen LogP contribution in [0, 0.1) is 0 Å². The summed E-state index contributed by atoms with van der Waals surface area (Å²) >= 11 is 0. The predicted octanol–water partition coefficient (Wildman–Crippen LogP) is 1.67. The monoisotopic (exact) mass is 291 g/mol. The molecule has 0 aliphatic heterocycles. The number of nitrogen functional groups attached to an aromatic ring is 1. The van der Waals surface area contributed by atoms with Crippen molar-refractivity contribution in [1.82, 2.24) is 19.2 Å². The molecule has 0 spiro atoms. The van der Waals surface area contributed by atoms with E-state index in [0.29, 0.717) is 23.2 Å². The van der Waals surface area contributed by atoms with Crippen molar-refractivity contribution in [3.05, 3.63) is 70.6 Å². The molecule has 108 valence electrons. The first-order valence-corrected chi connectivity index (χ1v) is 6.92. The minimum Gasteiger partial charge on any atom is -0.381 e. The van der Waals surface area contributed by atoms with Crippen molar-refractivity contribution in [3.63, 3.8) is 0 Å². The van der Waals surface area contributed by atoms with Crippen LogP contribution in [0.1, 0.15) is 5.56 Å². The van der Waals surface area contributed by atoms with Crippen molar-refractivity contribution in [3.8, 4) is 0 Å². The molecule has 0 aliphatic rings. The van der Waals surface area contributed by atoms with Crippen LogP contribution in [0.3, 0.4) is 0 Å². The molecule has 0 saturated heterocycles. The van der Waals surface area contributed by atoms with E-state index in [4.69, 9.17) is 5.73 Å². The summed E-state index contributed by atoms with van der Waals surface area (Å²) in [6, 6.07) is 17.1. The Morgan fingerprint density at radius 2 is 1.73 bits per heavy atom. The molecule has 4 aromatic rings. The van der Waals surface area contributed by atoms with Gasteiger partial charge in [-0.15, -0.1) is 5.10 Å². The van der Waals surface area contributed by atoms with E-state index in [-0.39, 0.29) is 11.5 Å². The third-order valence-corrected chi connectivity index (χ3v) is 3.61. The van der Waals surface area contributed by atoms with Crippen LogP contribution < -0.4 is 11.4 Å². The number of nitrogens with zero attached hydrogens (tertiary/aromatic N) is 4. The number of para-hydroxylation sites is 2. The van der Waals surface area contributed by atoms with Crippen LogP contribution in [-0.2, 0) is 6.54 Å². The molecule has 22 heavy (non-hydrogen) atoms. The van der Waals surface area contributed by atoms with E-state index < -0.39 is 0 Å². The molecule has 0 aliphatic carbocycles. The zero-order valence-electron chi connectivity index (χ0n) is 11.7. The van der Waals surface area contributed by atoms with Crippen molar-refractivity contribution < 1.29 is 0 Å². The number of aromatic nitrogens is 4. The standard InChI is InChI=1S/C16H13N5O/c17-14-15-19-20(10-11-6-2-1-3-7-11)16(22)21(15)13-9-5-4-8-12(13)18-14/h1-9H,10H2,(H2,17,18). The van der Waals surface area contributed by atoms with E-state index in [9.17, 15) is 4.79 Å². The number of fused-ring (bicyclic) bond motifs is 3. The molecule has 6 heteroatoms. The maximum absolute atomic E-state index is 12.7. The van der Waals surface area contributed by atoms with E-state index in [1.54, 1.807) is 0 Å². The summed E-state index contributed by atoms with van der Waals surface area (Å²) in [6.07, 6.45) is 0. The zero-order valence-corrected chi connectivity index (χ0v) is 11.7. The smallest absolute Gasteiger partial charge is 0.351 e. The quantitative estimate of drug-likeness (QED) is 0.609. The van der Waals surface area contributed by atoms with Crippen LogP contribution in [-0.4, -0.2) is 19.2 Å². The van der Waals surface area contributed by atoms with E-state index in [1.165, 1.54) is 9.08 Å². The first-order chi connectivity index (χ1) is 10.7. The highest BCUT2D eigenvalue weighted by molar-refractivity contribution is 5.81. The second kappa shape index (κ2) is 4.70. The Labute approximate surface area is 125 Å². The summed E-state index contributed by atoms with van der Waals surface area (Å²) < 4.78 is 2.93. The molecule has 0 amide bonds. The molecule has 2 heterocycles. The molecule has 0 bridgehead atoms. The first kappa shape index (κ1) is 12.6. The molecule has 0 radical (unpaired) electrons. The summed E-state index contributed by atoms with van der Waals surface area (Å²) in [5, 5.41) is 4.34.